The van der Waals surface area contributed by atoms with Gasteiger partial charge in [0.15, 0.2) is 11.5 Å². The van der Waals surface area contributed by atoms with E-state index in [9.17, 15) is 4.79 Å². The Morgan fingerprint density at radius 2 is 1.85 bits per heavy atom. The third kappa shape index (κ3) is 5.84. The normalized spacial score (nSPS) is 13.4. The van der Waals surface area contributed by atoms with Crippen molar-refractivity contribution >= 4 is 49.0 Å². The molecular weight excluding hydrogens is 550 g/mol. The molecule has 8 heteroatoms. The molecule has 0 radical (unpaired) electrons. The summed E-state index contributed by atoms with van der Waals surface area (Å²) in [6, 6.07) is 9.27. The minimum absolute atomic E-state index is 0.0651. The van der Waals surface area contributed by atoms with Crippen LogP contribution in [0, 0.1) is 0 Å². The van der Waals surface area contributed by atoms with E-state index < -0.39 is 0 Å². The average molecular weight is 579 g/mol. The van der Waals surface area contributed by atoms with E-state index in [0.717, 1.165) is 27.4 Å². The van der Waals surface area contributed by atoms with E-state index in [2.05, 4.69) is 50.8 Å². The second kappa shape index (κ2) is 11.3. The van der Waals surface area contributed by atoms with E-state index in [1.165, 1.54) is 4.68 Å². The summed E-state index contributed by atoms with van der Waals surface area (Å²) in [6.07, 6.45) is 3.44. The molecule has 0 aliphatic carbocycles. The van der Waals surface area contributed by atoms with Crippen molar-refractivity contribution in [1.29, 1.82) is 0 Å². The number of rotatable bonds is 9. The quantitative estimate of drug-likeness (QED) is 0.259. The second-order valence-electron chi connectivity index (χ2n) is 7.89. The van der Waals surface area contributed by atoms with Crippen molar-refractivity contribution in [1.82, 2.24) is 9.66 Å². The van der Waals surface area contributed by atoms with Gasteiger partial charge in [0.2, 0.25) is 0 Å². The maximum atomic E-state index is 13.3. The number of benzene rings is 2. The largest absolute Gasteiger partial charge is 0.490 e. The summed E-state index contributed by atoms with van der Waals surface area (Å²) in [5.74, 6) is 2.01. The van der Waals surface area contributed by atoms with Crippen molar-refractivity contribution in [3.63, 3.8) is 0 Å². The van der Waals surface area contributed by atoms with Crippen molar-refractivity contribution in [3.05, 3.63) is 61.0 Å². The van der Waals surface area contributed by atoms with Crippen LogP contribution in [0.5, 0.6) is 11.5 Å². The lowest BCUT2D eigenvalue weighted by atomic mass is 10.1. The summed E-state index contributed by atoms with van der Waals surface area (Å²) in [4.78, 5) is 18.1. The van der Waals surface area contributed by atoms with Gasteiger partial charge in [-0.2, -0.15) is 9.78 Å². The zero-order valence-electron chi connectivity index (χ0n) is 19.6. The average Bonchev–Trinajstić information content (AvgIpc) is 2.80. The lowest BCUT2D eigenvalue weighted by Crippen LogP contribution is -2.23. The first-order chi connectivity index (χ1) is 15.8. The molecule has 0 bridgehead atoms. The van der Waals surface area contributed by atoms with Gasteiger partial charge in [-0.25, -0.2) is 4.98 Å². The van der Waals surface area contributed by atoms with Gasteiger partial charge in [-0.1, -0.05) is 36.7 Å². The molecule has 1 aromatic heterocycles. The van der Waals surface area contributed by atoms with Crippen LogP contribution >= 0.6 is 31.9 Å². The standard InChI is InChI=1S/C25H29Br2N3O3/c1-6-15(4)24-29-21-10-9-18(26)12-19(21)25(31)30(24)28-14-17-11-22(32-8-3)23(13-20(17)27)33-16(5)7-2/h9-16H,6-8H2,1-5H3/t15-,16-/m0/s1. The van der Waals surface area contributed by atoms with Gasteiger partial charge in [-0.05, 0) is 73.0 Å². The van der Waals surface area contributed by atoms with Crippen molar-refractivity contribution in [2.45, 2.75) is 59.5 Å². The molecule has 2 atom stereocenters. The van der Waals surface area contributed by atoms with Crippen LogP contribution in [0.4, 0.5) is 0 Å². The Balaban J connectivity index is 2.12. The third-order valence-electron chi connectivity index (χ3n) is 5.46. The molecule has 33 heavy (non-hydrogen) atoms. The Hall–Kier alpha value is -2.19. The highest BCUT2D eigenvalue weighted by atomic mass is 79.9. The van der Waals surface area contributed by atoms with Gasteiger partial charge in [-0.15, -0.1) is 0 Å². The van der Waals surface area contributed by atoms with Crippen LogP contribution in [-0.2, 0) is 0 Å². The van der Waals surface area contributed by atoms with E-state index in [4.69, 9.17) is 14.5 Å². The maximum Gasteiger partial charge on any atom is 0.282 e. The van der Waals surface area contributed by atoms with E-state index in [-0.39, 0.29) is 17.6 Å². The number of ether oxygens (including phenoxy) is 2. The fourth-order valence-corrected chi connectivity index (χ4v) is 4.00. The van der Waals surface area contributed by atoms with Crippen LogP contribution in [0.15, 0.2) is 49.2 Å². The van der Waals surface area contributed by atoms with Crippen LogP contribution < -0.4 is 15.0 Å². The second-order valence-corrected chi connectivity index (χ2v) is 9.66. The number of nitrogens with zero attached hydrogens (tertiary/aromatic N) is 3. The molecule has 0 aliphatic heterocycles. The topological polar surface area (TPSA) is 65.7 Å². The molecule has 0 unspecified atom stereocenters. The van der Waals surface area contributed by atoms with E-state index >= 15 is 0 Å². The molecule has 3 rings (SSSR count). The van der Waals surface area contributed by atoms with Crippen molar-refractivity contribution in [3.8, 4) is 11.5 Å². The molecule has 2 aromatic carbocycles. The first-order valence-corrected chi connectivity index (χ1v) is 12.8. The number of halogens is 2. The Bertz CT molecular complexity index is 1220. The number of hydrogen-bond acceptors (Lipinski definition) is 5. The lowest BCUT2D eigenvalue weighted by Gasteiger charge is -2.17. The minimum Gasteiger partial charge on any atom is -0.490 e. The fraction of sp³-hybridized carbons (Fsp3) is 0.400. The van der Waals surface area contributed by atoms with Gasteiger partial charge < -0.3 is 9.47 Å². The Kier molecular flexibility index (Phi) is 8.70. The zero-order chi connectivity index (χ0) is 24.1. The summed E-state index contributed by atoms with van der Waals surface area (Å²) in [7, 11) is 0. The predicted octanol–water partition coefficient (Wildman–Crippen LogP) is 6.89. The van der Waals surface area contributed by atoms with Crippen molar-refractivity contribution in [2.24, 2.45) is 5.10 Å². The molecular formula is C25H29Br2N3O3. The Morgan fingerprint density at radius 3 is 2.52 bits per heavy atom. The molecule has 3 aromatic rings. The van der Waals surface area contributed by atoms with Crippen LogP contribution in [0.2, 0.25) is 0 Å². The van der Waals surface area contributed by atoms with Crippen molar-refractivity contribution in [2.75, 3.05) is 6.61 Å². The Labute approximate surface area is 211 Å². The van der Waals surface area contributed by atoms with E-state index in [0.29, 0.717) is 34.8 Å². The highest BCUT2D eigenvalue weighted by Crippen LogP contribution is 2.34. The summed E-state index contributed by atoms with van der Waals surface area (Å²) >= 11 is 7.05. The first-order valence-electron chi connectivity index (χ1n) is 11.2. The summed E-state index contributed by atoms with van der Waals surface area (Å²) in [6.45, 7) is 10.6. The molecule has 6 nitrogen and oxygen atoms in total. The minimum atomic E-state index is -0.203. The van der Waals surface area contributed by atoms with Gasteiger partial charge in [0.1, 0.15) is 5.82 Å². The SMILES string of the molecule is CCOc1cc(C=Nn2c([C@@H](C)CC)nc3ccc(Br)cc3c2=O)c(Br)cc1O[C@@H](C)CC. The van der Waals surface area contributed by atoms with E-state index in [1.807, 2.05) is 45.0 Å². The zero-order valence-corrected chi connectivity index (χ0v) is 22.7. The van der Waals surface area contributed by atoms with Gasteiger partial charge in [0, 0.05) is 20.4 Å². The summed E-state index contributed by atoms with van der Waals surface area (Å²) in [5, 5.41) is 5.08. The molecule has 176 valence electrons. The molecule has 0 N–H and O–H groups in total. The molecule has 0 saturated carbocycles. The van der Waals surface area contributed by atoms with Gasteiger partial charge in [0.05, 0.1) is 29.8 Å². The Morgan fingerprint density at radius 1 is 1.09 bits per heavy atom. The van der Waals surface area contributed by atoms with Crippen LogP contribution in [0.3, 0.4) is 0 Å². The molecule has 0 amide bonds. The molecule has 0 aliphatic rings. The van der Waals surface area contributed by atoms with Crippen LogP contribution in [0.1, 0.15) is 64.8 Å². The van der Waals surface area contributed by atoms with Crippen LogP contribution in [-0.4, -0.2) is 28.6 Å². The maximum absolute atomic E-state index is 13.3. The molecule has 0 spiro atoms. The first kappa shape index (κ1) is 25.4. The molecule has 0 fully saturated rings. The molecule has 0 saturated heterocycles. The fourth-order valence-electron chi connectivity index (χ4n) is 3.21. The molecule has 1 heterocycles. The monoisotopic (exact) mass is 577 g/mol. The number of hydrogen-bond donors (Lipinski definition) is 0. The van der Waals surface area contributed by atoms with Gasteiger partial charge >= 0.3 is 0 Å². The van der Waals surface area contributed by atoms with Crippen LogP contribution in [0.25, 0.3) is 10.9 Å². The predicted molar refractivity (Wildman–Crippen MR) is 141 cm³/mol. The van der Waals surface area contributed by atoms with Gasteiger partial charge in [-0.3, -0.25) is 4.79 Å². The van der Waals surface area contributed by atoms with Crippen molar-refractivity contribution < 1.29 is 9.47 Å². The highest BCUT2D eigenvalue weighted by molar-refractivity contribution is 9.10. The smallest absolute Gasteiger partial charge is 0.282 e. The number of fused-ring (bicyclic) bond motifs is 1. The summed E-state index contributed by atoms with van der Waals surface area (Å²) < 4.78 is 14.8. The van der Waals surface area contributed by atoms with Gasteiger partial charge in [0.25, 0.3) is 5.56 Å². The van der Waals surface area contributed by atoms with E-state index in [1.54, 1.807) is 12.3 Å². The third-order valence-corrected chi connectivity index (χ3v) is 6.64. The lowest BCUT2D eigenvalue weighted by molar-refractivity contribution is 0.203. The summed E-state index contributed by atoms with van der Waals surface area (Å²) in [5.41, 5.74) is 1.23. The highest BCUT2D eigenvalue weighted by Gasteiger charge is 2.17. The number of aromatic nitrogens is 2.